The predicted octanol–water partition coefficient (Wildman–Crippen LogP) is 4.04. The van der Waals surface area contributed by atoms with Crippen molar-refractivity contribution in [3.05, 3.63) is 60.2 Å². The molecule has 0 radical (unpaired) electrons. The van der Waals surface area contributed by atoms with Crippen LogP contribution in [0.5, 0.6) is 0 Å². The van der Waals surface area contributed by atoms with Crippen LogP contribution >= 0.6 is 0 Å². The van der Waals surface area contributed by atoms with Gasteiger partial charge in [-0.05, 0) is 36.2 Å². The van der Waals surface area contributed by atoms with E-state index in [2.05, 4.69) is 24.4 Å². The van der Waals surface area contributed by atoms with Gasteiger partial charge in [0.15, 0.2) is 9.84 Å². The highest BCUT2D eigenvalue weighted by molar-refractivity contribution is 7.90. The lowest BCUT2D eigenvalue weighted by molar-refractivity contribution is 0.602. The standard InChI is InChI=1S/C17H21NO2S/c1-3-7-17(14-8-5-4-6-9-14)18-15-10-12-16(13-11-15)21(2,19)20/h4-6,8-13,17-18H,3,7H2,1-2H3. The zero-order chi connectivity index (χ0) is 15.3. The van der Waals surface area contributed by atoms with E-state index in [0.29, 0.717) is 4.90 Å². The van der Waals surface area contributed by atoms with Gasteiger partial charge in [0.1, 0.15) is 0 Å². The van der Waals surface area contributed by atoms with Gasteiger partial charge in [0.2, 0.25) is 0 Å². The number of anilines is 1. The highest BCUT2D eigenvalue weighted by Crippen LogP contribution is 2.24. The van der Waals surface area contributed by atoms with Crippen LogP contribution in [0.1, 0.15) is 31.4 Å². The van der Waals surface area contributed by atoms with Crippen molar-refractivity contribution in [2.45, 2.75) is 30.7 Å². The highest BCUT2D eigenvalue weighted by Gasteiger charge is 2.11. The summed E-state index contributed by atoms with van der Waals surface area (Å²) in [5, 5.41) is 3.48. The lowest BCUT2D eigenvalue weighted by atomic mass is 10.0. The van der Waals surface area contributed by atoms with Gasteiger partial charge in [-0.1, -0.05) is 43.7 Å². The molecular weight excluding hydrogens is 282 g/mol. The summed E-state index contributed by atoms with van der Waals surface area (Å²) < 4.78 is 22.9. The minimum atomic E-state index is -3.14. The minimum Gasteiger partial charge on any atom is -0.378 e. The van der Waals surface area contributed by atoms with Crippen LogP contribution in [0.15, 0.2) is 59.5 Å². The van der Waals surface area contributed by atoms with Crippen LogP contribution in [0.4, 0.5) is 5.69 Å². The van der Waals surface area contributed by atoms with Gasteiger partial charge in [0.25, 0.3) is 0 Å². The Balaban J connectivity index is 2.18. The van der Waals surface area contributed by atoms with Crippen LogP contribution in [0.25, 0.3) is 0 Å². The molecule has 4 heteroatoms. The molecule has 0 heterocycles. The zero-order valence-electron chi connectivity index (χ0n) is 12.4. The second kappa shape index (κ2) is 6.76. The number of rotatable bonds is 6. The van der Waals surface area contributed by atoms with Gasteiger partial charge in [-0.3, -0.25) is 0 Å². The number of nitrogens with one attached hydrogen (secondary N) is 1. The first-order valence-electron chi connectivity index (χ1n) is 7.12. The number of sulfone groups is 1. The third kappa shape index (κ3) is 4.33. The Hall–Kier alpha value is -1.81. The average molecular weight is 303 g/mol. The molecule has 0 fully saturated rings. The summed E-state index contributed by atoms with van der Waals surface area (Å²) in [4.78, 5) is 0.347. The molecule has 0 amide bonds. The zero-order valence-corrected chi connectivity index (χ0v) is 13.2. The van der Waals surface area contributed by atoms with E-state index in [0.717, 1.165) is 18.5 Å². The summed E-state index contributed by atoms with van der Waals surface area (Å²) in [5.41, 5.74) is 2.18. The topological polar surface area (TPSA) is 46.2 Å². The predicted molar refractivity (Wildman–Crippen MR) is 87.3 cm³/mol. The molecule has 1 atom stereocenters. The number of hydrogen-bond donors (Lipinski definition) is 1. The Morgan fingerprint density at radius 3 is 2.14 bits per heavy atom. The van der Waals surface area contributed by atoms with Gasteiger partial charge >= 0.3 is 0 Å². The van der Waals surface area contributed by atoms with Crippen LogP contribution in [0.2, 0.25) is 0 Å². The van der Waals surface area contributed by atoms with Gasteiger partial charge in [-0.15, -0.1) is 0 Å². The molecule has 1 unspecified atom stereocenters. The number of hydrogen-bond acceptors (Lipinski definition) is 3. The van der Waals surface area contributed by atoms with E-state index in [1.165, 1.54) is 11.8 Å². The summed E-state index contributed by atoms with van der Waals surface area (Å²) in [5.74, 6) is 0. The Kier molecular flexibility index (Phi) is 5.02. The SMILES string of the molecule is CCCC(Nc1ccc(S(C)(=O)=O)cc1)c1ccccc1. The largest absolute Gasteiger partial charge is 0.378 e. The fourth-order valence-electron chi connectivity index (χ4n) is 2.30. The first-order valence-corrected chi connectivity index (χ1v) is 9.01. The number of benzene rings is 2. The Labute approximate surface area is 126 Å². The lowest BCUT2D eigenvalue weighted by Crippen LogP contribution is -2.10. The highest BCUT2D eigenvalue weighted by atomic mass is 32.2. The maximum Gasteiger partial charge on any atom is 0.175 e. The molecule has 2 aromatic carbocycles. The summed E-state index contributed by atoms with van der Waals surface area (Å²) in [6, 6.07) is 17.5. The van der Waals surface area contributed by atoms with E-state index in [-0.39, 0.29) is 6.04 Å². The van der Waals surface area contributed by atoms with Gasteiger partial charge in [-0.25, -0.2) is 8.42 Å². The van der Waals surface area contributed by atoms with Crippen LogP contribution in [-0.2, 0) is 9.84 Å². The molecule has 0 aromatic heterocycles. The molecular formula is C17H21NO2S. The van der Waals surface area contributed by atoms with Crippen molar-refractivity contribution >= 4 is 15.5 Å². The Bertz CT molecular complexity index is 664. The van der Waals surface area contributed by atoms with E-state index >= 15 is 0 Å². The first-order chi connectivity index (χ1) is 10.0. The van der Waals surface area contributed by atoms with Crippen LogP contribution < -0.4 is 5.32 Å². The minimum absolute atomic E-state index is 0.236. The van der Waals surface area contributed by atoms with Crippen molar-refractivity contribution in [3.63, 3.8) is 0 Å². The van der Waals surface area contributed by atoms with Crippen LogP contribution in [0, 0.1) is 0 Å². The molecule has 0 saturated carbocycles. The first kappa shape index (κ1) is 15.6. The van der Waals surface area contributed by atoms with E-state index in [1.807, 2.05) is 30.3 Å². The summed E-state index contributed by atoms with van der Waals surface area (Å²) in [6.07, 6.45) is 3.32. The van der Waals surface area contributed by atoms with E-state index in [9.17, 15) is 8.42 Å². The van der Waals surface area contributed by atoms with Crippen molar-refractivity contribution in [1.82, 2.24) is 0 Å². The molecule has 21 heavy (non-hydrogen) atoms. The molecule has 112 valence electrons. The third-order valence-corrected chi connectivity index (χ3v) is 4.53. The fourth-order valence-corrected chi connectivity index (χ4v) is 2.93. The van der Waals surface area contributed by atoms with E-state index in [4.69, 9.17) is 0 Å². The molecule has 0 spiro atoms. The van der Waals surface area contributed by atoms with Crippen molar-refractivity contribution < 1.29 is 8.42 Å². The van der Waals surface area contributed by atoms with E-state index in [1.54, 1.807) is 12.1 Å². The quantitative estimate of drug-likeness (QED) is 0.876. The van der Waals surface area contributed by atoms with Crippen LogP contribution in [0.3, 0.4) is 0 Å². The smallest absolute Gasteiger partial charge is 0.175 e. The normalized spacial score (nSPS) is 12.9. The van der Waals surface area contributed by atoms with Crippen LogP contribution in [-0.4, -0.2) is 14.7 Å². The molecule has 0 aliphatic carbocycles. The molecule has 0 aliphatic rings. The van der Waals surface area contributed by atoms with Crippen molar-refractivity contribution in [1.29, 1.82) is 0 Å². The molecule has 2 aromatic rings. The van der Waals surface area contributed by atoms with E-state index < -0.39 is 9.84 Å². The lowest BCUT2D eigenvalue weighted by Gasteiger charge is -2.20. The average Bonchev–Trinajstić information content (AvgIpc) is 2.47. The fraction of sp³-hybridized carbons (Fsp3) is 0.294. The van der Waals surface area contributed by atoms with Gasteiger partial charge in [0.05, 0.1) is 10.9 Å². The second-order valence-corrected chi connectivity index (χ2v) is 7.21. The molecule has 0 bridgehead atoms. The molecule has 1 N–H and O–H groups in total. The maximum atomic E-state index is 11.5. The van der Waals surface area contributed by atoms with Crippen molar-refractivity contribution in [3.8, 4) is 0 Å². The van der Waals surface area contributed by atoms with Crippen molar-refractivity contribution in [2.24, 2.45) is 0 Å². The summed E-state index contributed by atoms with van der Waals surface area (Å²) >= 11 is 0. The Morgan fingerprint density at radius 1 is 1.00 bits per heavy atom. The third-order valence-electron chi connectivity index (χ3n) is 3.40. The molecule has 2 rings (SSSR count). The second-order valence-electron chi connectivity index (χ2n) is 5.19. The Morgan fingerprint density at radius 2 is 1.62 bits per heavy atom. The monoisotopic (exact) mass is 303 g/mol. The van der Waals surface area contributed by atoms with Gasteiger partial charge in [0, 0.05) is 11.9 Å². The molecule has 0 saturated heterocycles. The summed E-state index contributed by atoms with van der Waals surface area (Å²) in [7, 11) is -3.14. The molecule has 0 aliphatic heterocycles. The van der Waals surface area contributed by atoms with Gasteiger partial charge in [-0.2, -0.15) is 0 Å². The van der Waals surface area contributed by atoms with Crippen molar-refractivity contribution in [2.75, 3.05) is 11.6 Å². The molecule has 3 nitrogen and oxygen atoms in total. The summed E-state index contributed by atoms with van der Waals surface area (Å²) in [6.45, 7) is 2.16. The maximum absolute atomic E-state index is 11.5. The van der Waals surface area contributed by atoms with Gasteiger partial charge < -0.3 is 5.32 Å².